The maximum atomic E-state index is 9.77. The minimum atomic E-state index is -0.290. The van der Waals surface area contributed by atoms with Crippen molar-refractivity contribution < 1.29 is 5.11 Å². The Hall–Kier alpha value is -1.61. The Balaban J connectivity index is 2.21. The van der Waals surface area contributed by atoms with E-state index in [1.54, 1.807) is 0 Å². The van der Waals surface area contributed by atoms with Crippen molar-refractivity contribution in [2.24, 2.45) is 0 Å². The van der Waals surface area contributed by atoms with Crippen molar-refractivity contribution in [1.29, 1.82) is 0 Å². The summed E-state index contributed by atoms with van der Waals surface area (Å²) in [5.41, 5.74) is 3.03. The van der Waals surface area contributed by atoms with Gasteiger partial charge in [-0.25, -0.2) is 0 Å². The predicted molar refractivity (Wildman–Crippen MR) is 75.9 cm³/mol. The van der Waals surface area contributed by atoms with Crippen LogP contribution in [0.1, 0.15) is 25.5 Å². The fourth-order valence-corrected chi connectivity index (χ4v) is 2.12. The standard InChI is InChI=1S/C15H20N2O/c1-3-6-12(18)10-16-15-9-11(2)17-14-8-5-4-7-13(14)15/h4-5,7-9,12,18H,3,6,10H2,1-2H3,(H,16,17). The number of para-hydroxylation sites is 1. The van der Waals surface area contributed by atoms with E-state index in [4.69, 9.17) is 0 Å². The molecule has 0 radical (unpaired) electrons. The number of aromatic nitrogens is 1. The van der Waals surface area contributed by atoms with Gasteiger partial charge >= 0.3 is 0 Å². The number of hydrogen-bond donors (Lipinski definition) is 2. The van der Waals surface area contributed by atoms with Crippen LogP contribution in [0.4, 0.5) is 5.69 Å². The average molecular weight is 244 g/mol. The Kier molecular flexibility index (Phi) is 4.15. The highest BCUT2D eigenvalue weighted by atomic mass is 16.3. The molecule has 0 aliphatic heterocycles. The Bertz CT molecular complexity index is 525. The van der Waals surface area contributed by atoms with Crippen LogP contribution in [0.25, 0.3) is 10.9 Å². The molecule has 18 heavy (non-hydrogen) atoms. The normalized spacial score (nSPS) is 12.6. The molecule has 0 spiro atoms. The molecule has 2 aromatic rings. The smallest absolute Gasteiger partial charge is 0.0725 e. The molecule has 0 aliphatic rings. The van der Waals surface area contributed by atoms with Gasteiger partial charge < -0.3 is 10.4 Å². The minimum Gasteiger partial charge on any atom is -0.391 e. The van der Waals surface area contributed by atoms with Gasteiger partial charge in [0.05, 0.1) is 11.6 Å². The Morgan fingerprint density at radius 1 is 1.33 bits per heavy atom. The van der Waals surface area contributed by atoms with E-state index in [1.807, 2.05) is 31.2 Å². The number of aryl methyl sites for hydroxylation is 1. The van der Waals surface area contributed by atoms with Crippen LogP contribution in [0.5, 0.6) is 0 Å². The Morgan fingerprint density at radius 3 is 2.89 bits per heavy atom. The number of fused-ring (bicyclic) bond motifs is 1. The highest BCUT2D eigenvalue weighted by Crippen LogP contribution is 2.22. The number of anilines is 1. The summed E-state index contributed by atoms with van der Waals surface area (Å²) in [4.78, 5) is 4.50. The summed E-state index contributed by atoms with van der Waals surface area (Å²) < 4.78 is 0. The number of pyridine rings is 1. The minimum absolute atomic E-state index is 0.290. The maximum absolute atomic E-state index is 9.77. The molecule has 0 saturated carbocycles. The second-order valence-corrected chi connectivity index (χ2v) is 4.65. The maximum Gasteiger partial charge on any atom is 0.0725 e. The van der Waals surface area contributed by atoms with Crippen molar-refractivity contribution in [3.8, 4) is 0 Å². The van der Waals surface area contributed by atoms with Crippen molar-refractivity contribution in [2.45, 2.75) is 32.8 Å². The number of nitrogens with zero attached hydrogens (tertiary/aromatic N) is 1. The number of rotatable bonds is 5. The van der Waals surface area contributed by atoms with Gasteiger partial charge in [-0.1, -0.05) is 31.5 Å². The molecule has 2 rings (SSSR count). The number of nitrogens with one attached hydrogen (secondary N) is 1. The number of aliphatic hydroxyl groups excluding tert-OH is 1. The molecule has 1 aromatic heterocycles. The Labute approximate surface area is 108 Å². The van der Waals surface area contributed by atoms with Crippen LogP contribution in [0, 0.1) is 6.92 Å². The van der Waals surface area contributed by atoms with Gasteiger partial charge in [0.15, 0.2) is 0 Å². The van der Waals surface area contributed by atoms with Crippen LogP contribution in [0.15, 0.2) is 30.3 Å². The van der Waals surface area contributed by atoms with Gasteiger partial charge in [0.25, 0.3) is 0 Å². The zero-order valence-electron chi connectivity index (χ0n) is 11.0. The van der Waals surface area contributed by atoms with Gasteiger partial charge in [-0.2, -0.15) is 0 Å². The molecular formula is C15H20N2O. The first-order valence-corrected chi connectivity index (χ1v) is 6.49. The average Bonchev–Trinajstić information content (AvgIpc) is 2.36. The molecule has 1 atom stereocenters. The quantitative estimate of drug-likeness (QED) is 0.849. The van der Waals surface area contributed by atoms with E-state index < -0.39 is 0 Å². The first-order chi connectivity index (χ1) is 8.70. The second kappa shape index (κ2) is 5.83. The monoisotopic (exact) mass is 244 g/mol. The highest BCUT2D eigenvalue weighted by molar-refractivity contribution is 5.91. The predicted octanol–water partition coefficient (Wildman–Crippen LogP) is 3.12. The van der Waals surface area contributed by atoms with E-state index in [0.717, 1.165) is 35.1 Å². The third-order valence-electron chi connectivity index (χ3n) is 2.99. The molecule has 0 bridgehead atoms. The van der Waals surface area contributed by atoms with Gasteiger partial charge in [0.1, 0.15) is 0 Å². The summed E-state index contributed by atoms with van der Waals surface area (Å²) in [7, 11) is 0. The van der Waals surface area contributed by atoms with Gasteiger partial charge in [0, 0.05) is 23.3 Å². The van der Waals surface area contributed by atoms with Crippen molar-refractivity contribution in [3.63, 3.8) is 0 Å². The zero-order valence-corrected chi connectivity index (χ0v) is 11.0. The van der Waals surface area contributed by atoms with Crippen molar-refractivity contribution in [2.75, 3.05) is 11.9 Å². The van der Waals surface area contributed by atoms with Crippen LogP contribution in [-0.4, -0.2) is 22.7 Å². The topological polar surface area (TPSA) is 45.1 Å². The first-order valence-electron chi connectivity index (χ1n) is 6.49. The Morgan fingerprint density at radius 2 is 2.11 bits per heavy atom. The summed E-state index contributed by atoms with van der Waals surface area (Å²) in [5, 5.41) is 14.2. The fraction of sp³-hybridized carbons (Fsp3) is 0.400. The van der Waals surface area contributed by atoms with Crippen LogP contribution in [0.3, 0.4) is 0 Å². The van der Waals surface area contributed by atoms with E-state index >= 15 is 0 Å². The van der Waals surface area contributed by atoms with Crippen LogP contribution in [-0.2, 0) is 0 Å². The van der Waals surface area contributed by atoms with Gasteiger partial charge in [0.2, 0.25) is 0 Å². The van der Waals surface area contributed by atoms with E-state index in [0.29, 0.717) is 6.54 Å². The molecule has 0 aliphatic carbocycles. The molecule has 0 amide bonds. The largest absolute Gasteiger partial charge is 0.391 e. The molecule has 3 heteroatoms. The molecule has 1 heterocycles. The molecule has 1 aromatic carbocycles. The van der Waals surface area contributed by atoms with Gasteiger partial charge in [-0.3, -0.25) is 4.98 Å². The van der Waals surface area contributed by atoms with Crippen molar-refractivity contribution in [3.05, 3.63) is 36.0 Å². The van der Waals surface area contributed by atoms with Gasteiger partial charge in [-0.05, 0) is 25.5 Å². The third-order valence-corrected chi connectivity index (χ3v) is 2.99. The van der Waals surface area contributed by atoms with E-state index in [1.165, 1.54) is 0 Å². The molecule has 96 valence electrons. The second-order valence-electron chi connectivity index (χ2n) is 4.65. The van der Waals surface area contributed by atoms with Crippen molar-refractivity contribution >= 4 is 16.6 Å². The SMILES string of the molecule is CCCC(O)CNc1cc(C)nc2ccccc12. The van der Waals surface area contributed by atoms with E-state index in [9.17, 15) is 5.11 Å². The fourth-order valence-electron chi connectivity index (χ4n) is 2.12. The van der Waals surface area contributed by atoms with Crippen LogP contribution >= 0.6 is 0 Å². The molecule has 0 saturated heterocycles. The summed E-state index contributed by atoms with van der Waals surface area (Å²) in [6, 6.07) is 10.1. The first kappa shape index (κ1) is 12.8. The molecular weight excluding hydrogens is 224 g/mol. The summed E-state index contributed by atoms with van der Waals surface area (Å²) in [6.45, 7) is 4.65. The molecule has 2 N–H and O–H groups in total. The summed E-state index contributed by atoms with van der Waals surface area (Å²) in [6.07, 6.45) is 1.54. The highest BCUT2D eigenvalue weighted by Gasteiger charge is 2.06. The van der Waals surface area contributed by atoms with Crippen LogP contribution in [0.2, 0.25) is 0 Å². The lowest BCUT2D eigenvalue weighted by molar-refractivity contribution is 0.176. The van der Waals surface area contributed by atoms with Gasteiger partial charge in [-0.15, -0.1) is 0 Å². The van der Waals surface area contributed by atoms with E-state index in [-0.39, 0.29) is 6.10 Å². The van der Waals surface area contributed by atoms with Crippen molar-refractivity contribution in [1.82, 2.24) is 4.98 Å². The summed E-state index contributed by atoms with van der Waals surface area (Å²) >= 11 is 0. The number of hydrogen-bond acceptors (Lipinski definition) is 3. The summed E-state index contributed by atoms with van der Waals surface area (Å²) in [5.74, 6) is 0. The lowest BCUT2D eigenvalue weighted by atomic mass is 10.1. The molecule has 0 fully saturated rings. The van der Waals surface area contributed by atoms with E-state index in [2.05, 4.69) is 23.3 Å². The zero-order chi connectivity index (χ0) is 13.0. The molecule has 1 unspecified atom stereocenters. The lowest BCUT2D eigenvalue weighted by Crippen LogP contribution is -2.19. The lowest BCUT2D eigenvalue weighted by Gasteiger charge is -2.14. The number of benzene rings is 1. The van der Waals surface area contributed by atoms with Crippen LogP contribution < -0.4 is 5.32 Å². The third kappa shape index (κ3) is 2.99. The molecule has 3 nitrogen and oxygen atoms in total. The number of aliphatic hydroxyl groups is 1.